The monoisotopic (exact) mass is 343 g/mol. The Morgan fingerprint density at radius 2 is 1.68 bits per heavy atom. The van der Waals surface area contributed by atoms with Crippen LogP contribution in [0.2, 0.25) is 0 Å². The van der Waals surface area contributed by atoms with Crippen LogP contribution in [0.4, 0.5) is 11.4 Å². The van der Waals surface area contributed by atoms with Gasteiger partial charge in [0.05, 0.1) is 11.4 Å². The van der Waals surface area contributed by atoms with E-state index in [4.69, 9.17) is 5.73 Å². The predicted molar refractivity (Wildman–Crippen MR) is 109 cm³/mol. The first-order valence-corrected chi connectivity index (χ1v) is 10.4. The molecule has 0 aliphatic carbocycles. The third-order valence-corrected chi connectivity index (χ3v) is 6.10. The minimum atomic E-state index is 0.853. The topological polar surface area (TPSA) is 32.5 Å². The Hall–Kier alpha value is -1.22. The Balaban J connectivity index is 1.49. The van der Waals surface area contributed by atoms with Crippen molar-refractivity contribution in [2.45, 2.75) is 52.9 Å². The summed E-state index contributed by atoms with van der Waals surface area (Å²) < 4.78 is 0. The van der Waals surface area contributed by atoms with Gasteiger partial charge in [0.2, 0.25) is 0 Å². The average Bonchev–Trinajstić information content (AvgIpc) is 2.55. The zero-order valence-corrected chi connectivity index (χ0v) is 16.5. The van der Waals surface area contributed by atoms with E-state index in [0.717, 1.165) is 43.0 Å². The summed E-state index contributed by atoms with van der Waals surface area (Å²) in [6, 6.07) is 6.77. The van der Waals surface area contributed by atoms with Crippen molar-refractivity contribution in [1.82, 2.24) is 4.90 Å². The van der Waals surface area contributed by atoms with E-state index in [2.05, 4.69) is 48.8 Å². The predicted octanol–water partition coefficient (Wildman–Crippen LogP) is 4.42. The van der Waals surface area contributed by atoms with Crippen molar-refractivity contribution in [2.24, 2.45) is 17.8 Å². The van der Waals surface area contributed by atoms with Gasteiger partial charge < -0.3 is 15.5 Å². The lowest BCUT2D eigenvalue weighted by atomic mass is 9.92. The molecule has 0 radical (unpaired) electrons. The van der Waals surface area contributed by atoms with Crippen LogP contribution in [0, 0.1) is 17.8 Å². The molecule has 140 valence electrons. The van der Waals surface area contributed by atoms with E-state index in [1.807, 2.05) is 0 Å². The van der Waals surface area contributed by atoms with Crippen molar-refractivity contribution in [3.63, 3.8) is 0 Å². The maximum Gasteiger partial charge on any atom is 0.0600 e. The molecule has 2 unspecified atom stereocenters. The highest BCUT2D eigenvalue weighted by Crippen LogP contribution is 2.29. The van der Waals surface area contributed by atoms with E-state index in [1.54, 1.807) is 0 Å². The molecular formula is C22H37N3. The third-order valence-electron chi connectivity index (χ3n) is 6.10. The maximum absolute atomic E-state index is 6.39. The van der Waals surface area contributed by atoms with E-state index in [-0.39, 0.29) is 0 Å². The molecule has 3 rings (SSSR count). The van der Waals surface area contributed by atoms with Gasteiger partial charge in [-0.25, -0.2) is 0 Å². The number of nitrogens with zero attached hydrogens (tertiary/aromatic N) is 2. The first-order chi connectivity index (χ1) is 12.0. The molecule has 3 heteroatoms. The lowest BCUT2D eigenvalue weighted by Crippen LogP contribution is -2.39. The third kappa shape index (κ3) is 5.13. The second-order valence-corrected chi connectivity index (χ2v) is 8.87. The van der Waals surface area contributed by atoms with Crippen LogP contribution in [0.15, 0.2) is 18.2 Å². The fraction of sp³-hybridized carbons (Fsp3) is 0.727. The summed E-state index contributed by atoms with van der Waals surface area (Å²) in [4.78, 5) is 5.13. The number of piperidine rings is 2. The van der Waals surface area contributed by atoms with E-state index >= 15 is 0 Å². The first kappa shape index (κ1) is 18.6. The average molecular weight is 344 g/mol. The van der Waals surface area contributed by atoms with Gasteiger partial charge in [0.1, 0.15) is 0 Å². The standard InChI is InChI=1S/C22H37N3/c1-17-8-11-25(12-9-17)22-7-6-20(14-21(22)23)5-4-10-24-15-18(2)13-19(3)16-24/h6-7,14,17-19H,4-5,8-13,15-16,23H2,1-3H3. The number of hydrogen-bond acceptors (Lipinski definition) is 3. The number of benzene rings is 1. The Morgan fingerprint density at radius 1 is 1.00 bits per heavy atom. The number of anilines is 2. The van der Waals surface area contributed by atoms with Gasteiger partial charge >= 0.3 is 0 Å². The fourth-order valence-corrected chi connectivity index (χ4v) is 4.78. The summed E-state index contributed by atoms with van der Waals surface area (Å²) >= 11 is 0. The van der Waals surface area contributed by atoms with Gasteiger partial charge in [-0.3, -0.25) is 0 Å². The van der Waals surface area contributed by atoms with E-state index in [0.29, 0.717) is 0 Å². The fourth-order valence-electron chi connectivity index (χ4n) is 4.78. The second kappa shape index (κ2) is 8.44. The van der Waals surface area contributed by atoms with Crippen LogP contribution in [0.25, 0.3) is 0 Å². The molecule has 1 aromatic rings. The minimum Gasteiger partial charge on any atom is -0.397 e. The highest BCUT2D eigenvalue weighted by molar-refractivity contribution is 5.68. The molecule has 0 aromatic heterocycles. The number of nitrogens with two attached hydrogens (primary N) is 1. The Kier molecular flexibility index (Phi) is 6.27. The molecule has 25 heavy (non-hydrogen) atoms. The van der Waals surface area contributed by atoms with Gasteiger partial charge in [0.25, 0.3) is 0 Å². The van der Waals surface area contributed by atoms with Gasteiger partial charge in [-0.2, -0.15) is 0 Å². The largest absolute Gasteiger partial charge is 0.397 e. The highest BCUT2D eigenvalue weighted by Gasteiger charge is 2.21. The number of hydrogen-bond donors (Lipinski definition) is 1. The van der Waals surface area contributed by atoms with E-state index in [1.165, 1.54) is 56.6 Å². The van der Waals surface area contributed by atoms with Crippen molar-refractivity contribution in [2.75, 3.05) is 43.4 Å². The molecule has 2 fully saturated rings. The normalized spacial score (nSPS) is 26.1. The van der Waals surface area contributed by atoms with Crippen molar-refractivity contribution in [3.05, 3.63) is 23.8 Å². The molecular weight excluding hydrogens is 306 g/mol. The van der Waals surface area contributed by atoms with E-state index in [9.17, 15) is 0 Å². The number of nitrogen functional groups attached to an aromatic ring is 1. The number of likely N-dealkylation sites (tertiary alicyclic amines) is 1. The summed E-state index contributed by atoms with van der Waals surface area (Å²) in [7, 11) is 0. The summed E-state index contributed by atoms with van der Waals surface area (Å²) in [6.45, 7) is 13.2. The first-order valence-electron chi connectivity index (χ1n) is 10.4. The van der Waals surface area contributed by atoms with Gasteiger partial charge in [-0.05, 0) is 74.1 Å². The molecule has 2 heterocycles. The summed E-state index contributed by atoms with van der Waals surface area (Å²) in [5, 5.41) is 0. The molecule has 2 atom stereocenters. The van der Waals surface area contributed by atoms with Gasteiger partial charge in [0, 0.05) is 26.2 Å². The van der Waals surface area contributed by atoms with Crippen molar-refractivity contribution in [3.8, 4) is 0 Å². The molecule has 2 saturated heterocycles. The van der Waals surface area contributed by atoms with Gasteiger partial charge in [-0.1, -0.05) is 26.8 Å². The molecule has 0 spiro atoms. The van der Waals surface area contributed by atoms with Crippen LogP contribution in [0.3, 0.4) is 0 Å². The number of rotatable bonds is 5. The summed E-state index contributed by atoms with van der Waals surface area (Å²) in [6.07, 6.45) is 6.34. The second-order valence-electron chi connectivity index (χ2n) is 8.87. The quantitative estimate of drug-likeness (QED) is 0.804. The molecule has 0 saturated carbocycles. The molecule has 2 N–H and O–H groups in total. The molecule has 2 aliphatic rings. The van der Waals surface area contributed by atoms with Crippen LogP contribution < -0.4 is 10.6 Å². The van der Waals surface area contributed by atoms with Crippen molar-refractivity contribution in [1.29, 1.82) is 0 Å². The summed E-state index contributed by atoms with van der Waals surface area (Å²) in [5.41, 5.74) is 9.99. The van der Waals surface area contributed by atoms with Crippen LogP contribution in [-0.2, 0) is 6.42 Å². The zero-order valence-electron chi connectivity index (χ0n) is 16.5. The Bertz CT molecular complexity index is 538. The van der Waals surface area contributed by atoms with Crippen LogP contribution in [0.5, 0.6) is 0 Å². The van der Waals surface area contributed by atoms with Gasteiger partial charge in [0.15, 0.2) is 0 Å². The smallest absolute Gasteiger partial charge is 0.0600 e. The zero-order chi connectivity index (χ0) is 17.8. The molecule has 0 amide bonds. The van der Waals surface area contributed by atoms with Crippen molar-refractivity contribution >= 4 is 11.4 Å². The molecule has 1 aromatic carbocycles. The molecule has 2 aliphatic heterocycles. The van der Waals surface area contributed by atoms with E-state index < -0.39 is 0 Å². The SMILES string of the molecule is CC1CCN(c2ccc(CCCN3CC(C)CC(C)C3)cc2N)CC1. The number of aryl methyl sites for hydroxylation is 1. The Morgan fingerprint density at radius 3 is 2.32 bits per heavy atom. The summed E-state index contributed by atoms with van der Waals surface area (Å²) in [5.74, 6) is 2.56. The molecule has 0 bridgehead atoms. The van der Waals surface area contributed by atoms with Gasteiger partial charge in [-0.15, -0.1) is 0 Å². The lowest BCUT2D eigenvalue weighted by Gasteiger charge is -2.35. The van der Waals surface area contributed by atoms with Crippen LogP contribution in [0.1, 0.15) is 52.0 Å². The van der Waals surface area contributed by atoms with Crippen molar-refractivity contribution < 1.29 is 0 Å². The van der Waals surface area contributed by atoms with Crippen LogP contribution >= 0.6 is 0 Å². The molecule has 3 nitrogen and oxygen atoms in total. The Labute approximate surface area is 154 Å². The van der Waals surface area contributed by atoms with Crippen LogP contribution in [-0.4, -0.2) is 37.6 Å². The maximum atomic E-state index is 6.39. The lowest BCUT2D eigenvalue weighted by molar-refractivity contribution is 0.140. The highest BCUT2D eigenvalue weighted by atomic mass is 15.1. The minimum absolute atomic E-state index is 0.853.